The van der Waals surface area contributed by atoms with E-state index in [4.69, 9.17) is 9.79 Å². The lowest BCUT2D eigenvalue weighted by Crippen LogP contribution is -2.11. The third kappa shape index (κ3) is 2.37. The Morgan fingerprint density at radius 1 is 1.75 bits per heavy atom. The second-order valence-corrected chi connectivity index (χ2v) is 3.00. The first kappa shape index (κ1) is 8.04. The van der Waals surface area contributed by atoms with Gasteiger partial charge in [0.15, 0.2) is 6.80 Å². The van der Waals surface area contributed by atoms with Crippen LogP contribution in [-0.4, -0.2) is 28.3 Å². The summed E-state index contributed by atoms with van der Waals surface area (Å²) in [6.07, 6.45) is 0. The van der Waals surface area contributed by atoms with Crippen LogP contribution >= 0.6 is 7.75 Å². The third-order valence-corrected chi connectivity index (χ3v) is 1.61. The predicted octanol–water partition coefficient (Wildman–Crippen LogP) is -0.0621. The first-order valence-electron chi connectivity index (χ1n) is 1.81. The summed E-state index contributed by atoms with van der Waals surface area (Å²) < 4.78 is 21.6. The van der Waals surface area contributed by atoms with E-state index < -0.39 is 14.5 Å². The standard InChI is InChI=1S/C2H7FNO3P/c1-4(2-3)8(5,6)7/h2H2,1H3,(H2,5,6,7). The van der Waals surface area contributed by atoms with E-state index in [1.54, 1.807) is 0 Å². The lowest BCUT2D eigenvalue weighted by atomic mass is 11.2. The molecule has 0 aliphatic carbocycles. The molecular weight excluding hydrogens is 136 g/mol. The topological polar surface area (TPSA) is 60.8 Å². The molecule has 0 fully saturated rings. The van der Waals surface area contributed by atoms with Crippen molar-refractivity contribution >= 4 is 7.75 Å². The van der Waals surface area contributed by atoms with Gasteiger partial charge in [-0.15, -0.1) is 0 Å². The maximum Gasteiger partial charge on any atom is 0.404 e. The molecule has 0 aliphatic heterocycles. The molecule has 0 unspecified atom stereocenters. The molecule has 6 heteroatoms. The molecule has 0 rings (SSSR count). The molecule has 0 amide bonds. The molecule has 0 aromatic rings. The van der Waals surface area contributed by atoms with Crippen molar-refractivity contribution in [3.8, 4) is 0 Å². The molecule has 0 atom stereocenters. The summed E-state index contributed by atoms with van der Waals surface area (Å²) in [6, 6.07) is 0. The van der Waals surface area contributed by atoms with Gasteiger partial charge in [0.1, 0.15) is 0 Å². The fourth-order valence-corrected chi connectivity index (χ4v) is 0.209. The summed E-state index contributed by atoms with van der Waals surface area (Å²) in [5.41, 5.74) is 0. The van der Waals surface area contributed by atoms with Crippen molar-refractivity contribution < 1.29 is 18.7 Å². The number of hydrogen-bond acceptors (Lipinski definition) is 1. The van der Waals surface area contributed by atoms with Gasteiger partial charge in [-0.1, -0.05) is 0 Å². The van der Waals surface area contributed by atoms with Crippen LogP contribution in [-0.2, 0) is 4.57 Å². The van der Waals surface area contributed by atoms with Gasteiger partial charge >= 0.3 is 7.75 Å². The van der Waals surface area contributed by atoms with Crippen molar-refractivity contribution in [2.75, 3.05) is 13.8 Å². The number of hydrogen-bond donors (Lipinski definition) is 2. The van der Waals surface area contributed by atoms with Crippen LogP contribution in [0.15, 0.2) is 0 Å². The van der Waals surface area contributed by atoms with Crippen LogP contribution < -0.4 is 0 Å². The van der Waals surface area contributed by atoms with Crippen molar-refractivity contribution in [1.82, 2.24) is 4.67 Å². The van der Waals surface area contributed by atoms with E-state index in [2.05, 4.69) is 0 Å². The van der Waals surface area contributed by atoms with Crippen LogP contribution in [0.4, 0.5) is 4.39 Å². The highest BCUT2D eigenvalue weighted by Crippen LogP contribution is 2.37. The zero-order valence-electron chi connectivity index (χ0n) is 4.28. The van der Waals surface area contributed by atoms with Crippen LogP contribution in [0.5, 0.6) is 0 Å². The highest BCUT2D eigenvalue weighted by molar-refractivity contribution is 7.49. The molecule has 0 spiro atoms. The minimum absolute atomic E-state index is 0.312. The highest BCUT2D eigenvalue weighted by Gasteiger charge is 2.19. The van der Waals surface area contributed by atoms with E-state index in [0.29, 0.717) is 4.67 Å². The fourth-order valence-electron chi connectivity index (χ4n) is 0.0696. The second kappa shape index (κ2) is 2.55. The smallest absolute Gasteiger partial charge is 0.312 e. The Hall–Kier alpha value is 0.0400. The molecule has 0 saturated heterocycles. The van der Waals surface area contributed by atoms with Crippen LogP contribution in [0.2, 0.25) is 0 Å². The van der Waals surface area contributed by atoms with Gasteiger partial charge < -0.3 is 9.79 Å². The van der Waals surface area contributed by atoms with Crippen LogP contribution in [0.1, 0.15) is 0 Å². The molecule has 0 heterocycles. The third-order valence-electron chi connectivity index (χ3n) is 0.618. The number of halogens is 1. The SMILES string of the molecule is CN(CF)P(=O)(O)O. The maximum atomic E-state index is 11.3. The maximum absolute atomic E-state index is 11.3. The van der Waals surface area contributed by atoms with Gasteiger partial charge in [0.2, 0.25) is 0 Å². The van der Waals surface area contributed by atoms with Gasteiger partial charge in [-0.05, 0) is 0 Å². The van der Waals surface area contributed by atoms with Gasteiger partial charge in [-0.3, -0.25) is 0 Å². The largest absolute Gasteiger partial charge is 0.404 e. The Bertz CT molecular complexity index is 112. The van der Waals surface area contributed by atoms with Crippen LogP contribution in [0.3, 0.4) is 0 Å². The van der Waals surface area contributed by atoms with Crippen LogP contribution in [0.25, 0.3) is 0 Å². The molecule has 0 aromatic carbocycles. The Kier molecular flexibility index (Phi) is 2.56. The minimum atomic E-state index is -4.30. The Morgan fingerprint density at radius 3 is 2.12 bits per heavy atom. The van der Waals surface area contributed by atoms with Crippen molar-refractivity contribution in [2.45, 2.75) is 0 Å². The molecule has 0 aromatic heterocycles. The van der Waals surface area contributed by atoms with Gasteiger partial charge in [0.25, 0.3) is 0 Å². The van der Waals surface area contributed by atoms with Crippen molar-refractivity contribution in [2.24, 2.45) is 0 Å². The summed E-state index contributed by atoms with van der Waals surface area (Å²) in [4.78, 5) is 16.2. The molecule has 8 heavy (non-hydrogen) atoms. The van der Waals surface area contributed by atoms with Gasteiger partial charge in [-0.25, -0.2) is 8.96 Å². The molecule has 0 radical (unpaired) electrons. The van der Waals surface area contributed by atoms with E-state index in [-0.39, 0.29) is 0 Å². The Balaban J connectivity index is 3.82. The molecule has 0 aliphatic rings. The average molecular weight is 143 g/mol. The summed E-state index contributed by atoms with van der Waals surface area (Å²) >= 11 is 0. The molecular formula is C2H7FNO3P. The van der Waals surface area contributed by atoms with E-state index in [9.17, 15) is 8.96 Å². The highest BCUT2D eigenvalue weighted by atomic mass is 31.2. The minimum Gasteiger partial charge on any atom is -0.312 e. The molecule has 0 saturated carbocycles. The second-order valence-electron chi connectivity index (χ2n) is 1.29. The van der Waals surface area contributed by atoms with Crippen LogP contribution in [0, 0.1) is 0 Å². The van der Waals surface area contributed by atoms with E-state index in [0.717, 1.165) is 7.05 Å². The van der Waals surface area contributed by atoms with Crippen molar-refractivity contribution in [1.29, 1.82) is 0 Å². The van der Waals surface area contributed by atoms with E-state index >= 15 is 0 Å². The zero-order chi connectivity index (χ0) is 6.78. The summed E-state index contributed by atoms with van der Waals surface area (Å²) in [5.74, 6) is 0. The first-order chi connectivity index (χ1) is 3.48. The Labute approximate surface area is 46.1 Å². The van der Waals surface area contributed by atoms with Gasteiger partial charge in [0, 0.05) is 7.05 Å². The molecule has 2 N–H and O–H groups in total. The quantitative estimate of drug-likeness (QED) is 0.419. The Morgan fingerprint density at radius 2 is 2.12 bits per heavy atom. The van der Waals surface area contributed by atoms with Gasteiger partial charge in [0.05, 0.1) is 0 Å². The zero-order valence-corrected chi connectivity index (χ0v) is 5.18. The van der Waals surface area contributed by atoms with Gasteiger partial charge in [-0.2, -0.15) is 4.67 Å². The number of rotatable bonds is 2. The van der Waals surface area contributed by atoms with E-state index in [1.165, 1.54) is 0 Å². The monoisotopic (exact) mass is 143 g/mol. The lowest BCUT2D eigenvalue weighted by molar-refractivity contribution is 0.241. The molecule has 0 bridgehead atoms. The normalized spacial score (nSPS) is 12.6. The molecule has 4 nitrogen and oxygen atoms in total. The fraction of sp³-hybridized carbons (Fsp3) is 1.00. The number of alkyl halides is 1. The first-order valence-corrected chi connectivity index (χ1v) is 3.38. The predicted molar refractivity (Wildman–Crippen MR) is 25.8 cm³/mol. The molecule has 50 valence electrons. The van der Waals surface area contributed by atoms with Crippen molar-refractivity contribution in [3.05, 3.63) is 0 Å². The summed E-state index contributed by atoms with van der Waals surface area (Å²) in [7, 11) is -3.30. The number of nitrogens with zero attached hydrogens (tertiary/aromatic N) is 1. The lowest BCUT2D eigenvalue weighted by Gasteiger charge is -2.11. The van der Waals surface area contributed by atoms with Crippen molar-refractivity contribution in [3.63, 3.8) is 0 Å². The average Bonchev–Trinajstić information content (AvgIpc) is 1.62. The summed E-state index contributed by atoms with van der Waals surface area (Å²) in [5, 5.41) is 0. The summed E-state index contributed by atoms with van der Waals surface area (Å²) in [6.45, 7) is -1.13. The van der Waals surface area contributed by atoms with E-state index in [1.807, 2.05) is 0 Å².